The SMILES string of the molecule is Fc1ccc(CNc2ccc(NCc3ccc(F)cc3F)c(Cl)c2)c(F)c1. The van der Waals surface area contributed by atoms with Crippen molar-refractivity contribution in [1.29, 1.82) is 0 Å². The highest BCUT2D eigenvalue weighted by atomic mass is 35.5. The molecule has 0 atom stereocenters. The Bertz CT molecular complexity index is 963. The van der Waals surface area contributed by atoms with Crippen molar-refractivity contribution in [3.63, 3.8) is 0 Å². The quantitative estimate of drug-likeness (QED) is 0.492. The molecule has 0 aliphatic heterocycles. The van der Waals surface area contributed by atoms with Gasteiger partial charge in [-0.3, -0.25) is 0 Å². The molecular weight excluding hydrogens is 380 g/mol. The van der Waals surface area contributed by atoms with Crippen molar-refractivity contribution >= 4 is 23.0 Å². The number of hydrogen-bond acceptors (Lipinski definition) is 2. The Labute approximate surface area is 158 Å². The van der Waals surface area contributed by atoms with Crippen LogP contribution in [0.1, 0.15) is 11.1 Å². The number of hydrogen-bond donors (Lipinski definition) is 2. The van der Waals surface area contributed by atoms with E-state index in [9.17, 15) is 17.6 Å². The standard InChI is InChI=1S/C20H15ClF4N2/c21-17-9-16(26-10-12-1-3-14(22)7-18(12)24)5-6-20(17)27-11-13-2-4-15(23)8-19(13)25/h1-9,26-27H,10-11H2. The van der Waals surface area contributed by atoms with E-state index in [0.717, 1.165) is 12.1 Å². The molecule has 0 heterocycles. The summed E-state index contributed by atoms with van der Waals surface area (Å²) in [5, 5.41) is 6.36. The molecule has 27 heavy (non-hydrogen) atoms. The molecule has 0 fully saturated rings. The van der Waals surface area contributed by atoms with Crippen LogP contribution in [-0.2, 0) is 13.1 Å². The maximum Gasteiger partial charge on any atom is 0.131 e. The molecule has 0 aromatic heterocycles. The third-order valence-corrected chi connectivity index (χ3v) is 4.26. The van der Waals surface area contributed by atoms with Gasteiger partial charge in [0, 0.05) is 42.0 Å². The van der Waals surface area contributed by atoms with Gasteiger partial charge in [-0.05, 0) is 30.3 Å². The molecule has 0 radical (unpaired) electrons. The molecule has 3 aromatic rings. The van der Waals surface area contributed by atoms with Gasteiger partial charge in [0.2, 0.25) is 0 Å². The lowest BCUT2D eigenvalue weighted by Crippen LogP contribution is -2.04. The molecule has 0 aliphatic carbocycles. The summed E-state index contributed by atoms with van der Waals surface area (Å²) in [7, 11) is 0. The van der Waals surface area contributed by atoms with Gasteiger partial charge in [0.1, 0.15) is 23.3 Å². The van der Waals surface area contributed by atoms with E-state index in [1.807, 2.05) is 0 Å². The minimum absolute atomic E-state index is 0.138. The second-order valence-corrected chi connectivity index (χ2v) is 6.28. The number of nitrogens with one attached hydrogen (secondary N) is 2. The second kappa shape index (κ2) is 8.31. The van der Waals surface area contributed by atoms with Crippen LogP contribution >= 0.6 is 11.6 Å². The van der Waals surface area contributed by atoms with Gasteiger partial charge < -0.3 is 10.6 Å². The van der Waals surface area contributed by atoms with Crippen LogP contribution in [0.25, 0.3) is 0 Å². The van der Waals surface area contributed by atoms with E-state index in [1.165, 1.54) is 24.3 Å². The maximum atomic E-state index is 13.7. The first-order chi connectivity index (χ1) is 12.9. The number of anilines is 2. The van der Waals surface area contributed by atoms with E-state index >= 15 is 0 Å². The fraction of sp³-hybridized carbons (Fsp3) is 0.100. The Morgan fingerprint density at radius 2 is 1.22 bits per heavy atom. The van der Waals surface area contributed by atoms with E-state index in [4.69, 9.17) is 11.6 Å². The average Bonchev–Trinajstić information content (AvgIpc) is 2.61. The average molecular weight is 395 g/mol. The van der Waals surface area contributed by atoms with E-state index in [0.29, 0.717) is 27.5 Å². The first-order valence-electron chi connectivity index (χ1n) is 8.07. The highest BCUT2D eigenvalue weighted by molar-refractivity contribution is 6.33. The Balaban J connectivity index is 1.63. The topological polar surface area (TPSA) is 24.1 Å². The largest absolute Gasteiger partial charge is 0.381 e. The fourth-order valence-electron chi connectivity index (χ4n) is 2.49. The smallest absolute Gasteiger partial charge is 0.131 e. The highest BCUT2D eigenvalue weighted by Gasteiger charge is 2.07. The zero-order chi connectivity index (χ0) is 19.4. The van der Waals surface area contributed by atoms with Gasteiger partial charge in [-0.1, -0.05) is 23.7 Å². The molecule has 0 saturated heterocycles. The lowest BCUT2D eigenvalue weighted by molar-refractivity contribution is 0.573. The minimum Gasteiger partial charge on any atom is -0.381 e. The molecule has 7 heteroatoms. The van der Waals surface area contributed by atoms with Gasteiger partial charge in [-0.25, -0.2) is 17.6 Å². The highest BCUT2D eigenvalue weighted by Crippen LogP contribution is 2.27. The molecule has 2 nitrogen and oxygen atoms in total. The summed E-state index contributed by atoms with van der Waals surface area (Å²) in [4.78, 5) is 0. The summed E-state index contributed by atoms with van der Waals surface area (Å²) in [5.41, 5.74) is 1.84. The molecule has 0 bridgehead atoms. The molecule has 0 aliphatic rings. The summed E-state index contributed by atoms with van der Waals surface area (Å²) in [6.07, 6.45) is 0. The Morgan fingerprint density at radius 3 is 1.74 bits per heavy atom. The van der Waals surface area contributed by atoms with Gasteiger partial charge >= 0.3 is 0 Å². The van der Waals surface area contributed by atoms with Gasteiger partial charge in [-0.2, -0.15) is 0 Å². The van der Waals surface area contributed by atoms with E-state index in [-0.39, 0.29) is 13.1 Å². The predicted octanol–water partition coefficient (Wildman–Crippen LogP) is 6.12. The maximum absolute atomic E-state index is 13.7. The van der Waals surface area contributed by atoms with Crippen LogP contribution in [0.5, 0.6) is 0 Å². The number of rotatable bonds is 6. The van der Waals surface area contributed by atoms with Gasteiger partial charge in [0.25, 0.3) is 0 Å². The monoisotopic (exact) mass is 394 g/mol. The summed E-state index contributed by atoms with van der Waals surface area (Å²) >= 11 is 6.21. The van der Waals surface area contributed by atoms with Crippen LogP contribution in [0.4, 0.5) is 28.9 Å². The van der Waals surface area contributed by atoms with Crippen molar-refractivity contribution in [3.05, 3.63) is 94.0 Å². The summed E-state index contributed by atoms with van der Waals surface area (Å²) < 4.78 is 53.2. The van der Waals surface area contributed by atoms with Crippen LogP contribution in [0.15, 0.2) is 54.6 Å². The zero-order valence-electron chi connectivity index (χ0n) is 14.0. The molecule has 3 aromatic carbocycles. The lowest BCUT2D eigenvalue weighted by atomic mass is 10.2. The fourth-order valence-corrected chi connectivity index (χ4v) is 2.73. The van der Waals surface area contributed by atoms with E-state index in [2.05, 4.69) is 10.6 Å². The summed E-state index contributed by atoms with van der Waals surface area (Å²) in [6.45, 7) is 0.301. The normalized spacial score (nSPS) is 10.7. The molecular formula is C20H15ClF4N2. The molecule has 0 saturated carbocycles. The van der Waals surface area contributed by atoms with E-state index < -0.39 is 23.3 Å². The van der Waals surface area contributed by atoms with Crippen LogP contribution in [0.2, 0.25) is 5.02 Å². The van der Waals surface area contributed by atoms with Crippen molar-refractivity contribution in [2.24, 2.45) is 0 Å². The third-order valence-electron chi connectivity index (χ3n) is 3.95. The van der Waals surface area contributed by atoms with Crippen LogP contribution in [0, 0.1) is 23.3 Å². The number of benzene rings is 3. The van der Waals surface area contributed by atoms with Crippen molar-refractivity contribution in [2.45, 2.75) is 13.1 Å². The zero-order valence-corrected chi connectivity index (χ0v) is 14.8. The number of halogens is 5. The van der Waals surface area contributed by atoms with E-state index in [1.54, 1.807) is 18.2 Å². The third kappa shape index (κ3) is 4.92. The molecule has 0 amide bonds. The first-order valence-corrected chi connectivity index (χ1v) is 8.45. The van der Waals surface area contributed by atoms with Crippen LogP contribution < -0.4 is 10.6 Å². The minimum atomic E-state index is -0.641. The summed E-state index contributed by atoms with van der Waals surface area (Å²) in [6, 6.07) is 11.8. The molecule has 0 spiro atoms. The Hall–Kier alpha value is -2.73. The first kappa shape index (κ1) is 19.0. The van der Waals surface area contributed by atoms with Crippen LogP contribution in [0.3, 0.4) is 0 Å². The molecule has 2 N–H and O–H groups in total. The summed E-state index contributed by atoms with van der Waals surface area (Å²) in [5.74, 6) is -2.54. The van der Waals surface area contributed by atoms with Crippen molar-refractivity contribution in [2.75, 3.05) is 10.6 Å². The molecule has 3 rings (SSSR count). The lowest BCUT2D eigenvalue weighted by Gasteiger charge is -2.12. The predicted molar refractivity (Wildman–Crippen MR) is 98.8 cm³/mol. The Kier molecular flexibility index (Phi) is 5.86. The van der Waals surface area contributed by atoms with Crippen LogP contribution in [-0.4, -0.2) is 0 Å². The van der Waals surface area contributed by atoms with Crippen molar-refractivity contribution in [1.82, 2.24) is 0 Å². The molecule has 140 valence electrons. The van der Waals surface area contributed by atoms with Gasteiger partial charge in [0.15, 0.2) is 0 Å². The second-order valence-electron chi connectivity index (χ2n) is 5.87. The van der Waals surface area contributed by atoms with Crippen molar-refractivity contribution < 1.29 is 17.6 Å². The van der Waals surface area contributed by atoms with Gasteiger partial charge in [0.05, 0.1) is 10.7 Å². The van der Waals surface area contributed by atoms with Gasteiger partial charge in [-0.15, -0.1) is 0 Å². The van der Waals surface area contributed by atoms with Crippen molar-refractivity contribution in [3.8, 4) is 0 Å². The molecule has 0 unspecified atom stereocenters. The Morgan fingerprint density at radius 1 is 0.667 bits per heavy atom.